The van der Waals surface area contributed by atoms with Crippen LogP contribution in [0.5, 0.6) is 0 Å². The molecule has 1 saturated heterocycles. The maximum atomic E-state index is 14.1. The van der Waals surface area contributed by atoms with E-state index in [1.807, 2.05) is 4.90 Å². The number of rotatable bonds is 15. The number of nitrogens with one attached hydrogen (secondary N) is 1. The number of likely N-dealkylation sites (tertiary alicyclic amines) is 1. The minimum Gasteiger partial charge on any atom is -0.460 e. The van der Waals surface area contributed by atoms with Crippen molar-refractivity contribution in [1.29, 1.82) is 0 Å². The summed E-state index contributed by atoms with van der Waals surface area (Å²) in [6.45, 7) is 1.64. The molecule has 0 unspecified atom stereocenters. The molecule has 2 amide bonds. The number of benzene rings is 1. The summed E-state index contributed by atoms with van der Waals surface area (Å²) in [6.07, 6.45) is 8.15. The number of nitrogens with two attached hydrogens (primary N) is 1. The number of fused-ring (bicyclic) bond motifs is 1. The number of methoxy groups -OCH3 is 2. The van der Waals surface area contributed by atoms with Crippen molar-refractivity contribution >= 4 is 34.4 Å². The van der Waals surface area contributed by atoms with Crippen LogP contribution in [0.1, 0.15) is 74.8 Å². The van der Waals surface area contributed by atoms with Crippen LogP contribution in [0.15, 0.2) is 28.7 Å². The van der Waals surface area contributed by atoms with Gasteiger partial charge in [-0.15, -0.1) is 0 Å². The summed E-state index contributed by atoms with van der Waals surface area (Å²) < 4.78 is 40.2. The average molecular weight is 674 g/mol. The molecule has 48 heavy (non-hydrogen) atoms. The lowest BCUT2D eigenvalue weighted by atomic mass is 9.75. The lowest BCUT2D eigenvalue weighted by Gasteiger charge is -2.37. The smallest absolute Gasteiger partial charge is 0.374 e. The van der Waals surface area contributed by atoms with Gasteiger partial charge in [-0.2, -0.15) is 0 Å². The van der Waals surface area contributed by atoms with Gasteiger partial charge < -0.3 is 39.3 Å². The third kappa shape index (κ3) is 8.94. The topological polar surface area (TPSA) is 143 Å². The molecule has 3 atom stereocenters. The summed E-state index contributed by atoms with van der Waals surface area (Å²) >= 11 is 0. The fourth-order valence-electron chi connectivity index (χ4n) is 7.88. The molecule has 11 nitrogen and oxygen atoms in total. The Morgan fingerprint density at radius 3 is 2.46 bits per heavy atom. The third-order valence-corrected chi connectivity index (χ3v) is 10.6. The van der Waals surface area contributed by atoms with Crippen LogP contribution in [0, 0.1) is 23.7 Å². The largest absolute Gasteiger partial charge is 0.460 e. The van der Waals surface area contributed by atoms with E-state index in [4.69, 9.17) is 29.1 Å². The molecule has 3 aliphatic rings. The Morgan fingerprint density at radius 1 is 0.979 bits per heavy atom. The van der Waals surface area contributed by atoms with Gasteiger partial charge in [-0.3, -0.25) is 9.59 Å². The van der Waals surface area contributed by atoms with Gasteiger partial charge >= 0.3 is 5.97 Å². The Bertz CT molecular complexity index is 1350. The van der Waals surface area contributed by atoms with Crippen molar-refractivity contribution in [3.8, 4) is 0 Å². The third-order valence-electron chi connectivity index (χ3n) is 10.6. The van der Waals surface area contributed by atoms with Gasteiger partial charge in [-0.05, 0) is 99.8 Å². The predicted octanol–water partition coefficient (Wildman–Crippen LogP) is 5.11. The van der Waals surface area contributed by atoms with Gasteiger partial charge in [-0.25, -0.2) is 9.18 Å². The molecule has 12 heteroatoms. The second kappa shape index (κ2) is 17.6. The van der Waals surface area contributed by atoms with Gasteiger partial charge in [-0.1, -0.05) is 0 Å². The van der Waals surface area contributed by atoms with Crippen LogP contribution in [0.3, 0.4) is 0 Å². The van der Waals surface area contributed by atoms with E-state index in [9.17, 15) is 18.8 Å². The molecule has 3 N–H and O–H groups in total. The minimum atomic E-state index is -0.587. The predicted molar refractivity (Wildman–Crippen MR) is 178 cm³/mol. The van der Waals surface area contributed by atoms with Gasteiger partial charge in [0, 0.05) is 56.8 Å². The van der Waals surface area contributed by atoms with Gasteiger partial charge in [0.25, 0.3) is 0 Å². The molecule has 2 saturated carbocycles. The molecule has 2 aromatic rings. The summed E-state index contributed by atoms with van der Waals surface area (Å²) in [6, 6.07) is 5.77. The van der Waals surface area contributed by atoms with E-state index in [-0.39, 0.29) is 48.0 Å². The minimum absolute atomic E-state index is 0.0190. The number of amides is 2. The average Bonchev–Trinajstić information content (AvgIpc) is 3.76. The highest BCUT2D eigenvalue weighted by molar-refractivity contribution is 6.00. The Hall–Kier alpha value is -3.06. The lowest BCUT2D eigenvalue weighted by Crippen LogP contribution is -2.50. The van der Waals surface area contributed by atoms with Crippen LogP contribution in [0.25, 0.3) is 11.0 Å². The molecule has 0 radical (unpaired) electrons. The fraction of sp³-hybridized carbons (Fsp3) is 0.694. The van der Waals surface area contributed by atoms with Crippen molar-refractivity contribution in [3.05, 3.63) is 30.0 Å². The Balaban J connectivity index is 1.25. The number of anilines is 1. The van der Waals surface area contributed by atoms with Crippen molar-refractivity contribution in [1.82, 2.24) is 4.90 Å². The Labute approximate surface area is 282 Å². The second-order valence-corrected chi connectivity index (χ2v) is 13.6. The van der Waals surface area contributed by atoms with Crippen LogP contribution in [-0.2, 0) is 28.5 Å². The van der Waals surface area contributed by atoms with Crippen molar-refractivity contribution in [2.45, 2.75) is 82.4 Å². The molecule has 3 fully saturated rings. The van der Waals surface area contributed by atoms with Crippen molar-refractivity contribution in [2.24, 2.45) is 29.4 Å². The van der Waals surface area contributed by atoms with E-state index in [0.717, 1.165) is 44.9 Å². The monoisotopic (exact) mass is 673 g/mol. The lowest BCUT2D eigenvalue weighted by molar-refractivity contribution is -0.142. The molecule has 0 spiro atoms. The first-order chi connectivity index (χ1) is 23.3. The number of alkyl halides is 1. The highest BCUT2D eigenvalue weighted by atomic mass is 19.1. The first-order valence-electron chi connectivity index (χ1n) is 17.6. The molecule has 266 valence electrons. The number of hydrogen-bond donors (Lipinski definition) is 2. The quantitative estimate of drug-likeness (QED) is 0.195. The number of esters is 1. The van der Waals surface area contributed by atoms with Gasteiger partial charge in [0.15, 0.2) is 0 Å². The van der Waals surface area contributed by atoms with E-state index < -0.39 is 24.7 Å². The molecule has 1 aromatic carbocycles. The normalized spacial score (nSPS) is 26.8. The number of furan rings is 1. The maximum Gasteiger partial charge on any atom is 0.374 e. The van der Waals surface area contributed by atoms with Crippen LogP contribution in [-0.4, -0.2) is 94.7 Å². The summed E-state index contributed by atoms with van der Waals surface area (Å²) in [7, 11) is 3.35. The Morgan fingerprint density at radius 2 is 1.75 bits per heavy atom. The number of carbonyl (C=O) groups excluding carboxylic acids is 3. The molecule has 2 heterocycles. The van der Waals surface area contributed by atoms with Crippen LogP contribution < -0.4 is 11.1 Å². The number of ether oxygens (including phenoxy) is 4. The molecule has 2 aliphatic carbocycles. The molecule has 1 aliphatic heterocycles. The van der Waals surface area contributed by atoms with Gasteiger partial charge in [0.05, 0.1) is 25.9 Å². The molecule has 1 aromatic heterocycles. The zero-order chi connectivity index (χ0) is 34.0. The highest BCUT2D eigenvalue weighted by Crippen LogP contribution is 2.42. The summed E-state index contributed by atoms with van der Waals surface area (Å²) in [5, 5.41) is 3.74. The Kier molecular flexibility index (Phi) is 13.2. The first-order valence-corrected chi connectivity index (χ1v) is 17.6. The SMILES string of the molecule is COCCOCCCOC(=O)c1cc2cc(NC(=O)[C@H]3[C@@H](C4CCC(OC)CC4)CCN3C(=O)C3CCC([C@H](N)CF)CC3)ccc2o1. The standard InChI is InChI=1S/C36H52FN3O8/c1-44-18-19-46-16-3-17-47-36(43)32-21-26-20-27(10-13-31(26)48-32)39-34(41)33-29(23-8-11-28(45-2)12-9-23)14-15-40(33)35(42)25-6-4-24(5-7-25)30(38)22-37/h10,13,20-21,23-25,28-30,33H,3-9,11-12,14-19,22,38H2,1-2H3,(H,39,41)/t23?,24?,25?,28?,29-,30-,33-/m1/s1. The number of hydrogen-bond acceptors (Lipinski definition) is 9. The van der Waals surface area contributed by atoms with Crippen LogP contribution >= 0.6 is 0 Å². The van der Waals surface area contributed by atoms with Gasteiger partial charge in [0.1, 0.15) is 18.3 Å². The highest BCUT2D eigenvalue weighted by Gasteiger charge is 2.47. The zero-order valence-corrected chi connectivity index (χ0v) is 28.3. The van der Waals surface area contributed by atoms with Crippen molar-refractivity contribution in [3.63, 3.8) is 0 Å². The molecular formula is C36H52FN3O8. The van der Waals surface area contributed by atoms with Gasteiger partial charge in [0.2, 0.25) is 17.6 Å². The molecule has 5 rings (SSSR count). The summed E-state index contributed by atoms with van der Waals surface area (Å²) in [4.78, 5) is 42.5. The van der Waals surface area contributed by atoms with E-state index >= 15 is 0 Å². The van der Waals surface area contributed by atoms with Crippen molar-refractivity contribution in [2.75, 3.05) is 59.2 Å². The van der Waals surface area contributed by atoms with Crippen molar-refractivity contribution < 1.29 is 42.1 Å². The number of nitrogens with zero attached hydrogens (tertiary/aromatic N) is 1. The van der Waals surface area contributed by atoms with E-state index in [1.54, 1.807) is 38.5 Å². The fourth-order valence-corrected chi connectivity index (χ4v) is 7.88. The maximum absolute atomic E-state index is 14.1. The van der Waals surface area contributed by atoms with E-state index in [2.05, 4.69) is 5.32 Å². The first kappa shape index (κ1) is 36.2. The second-order valence-electron chi connectivity index (χ2n) is 13.6. The van der Waals surface area contributed by atoms with E-state index in [0.29, 0.717) is 68.2 Å². The zero-order valence-electron chi connectivity index (χ0n) is 28.3. The number of halogens is 1. The number of carbonyl (C=O) groups is 3. The molecular weight excluding hydrogens is 621 g/mol. The van der Waals surface area contributed by atoms with Crippen LogP contribution in [0.2, 0.25) is 0 Å². The summed E-state index contributed by atoms with van der Waals surface area (Å²) in [5.41, 5.74) is 7.03. The van der Waals surface area contributed by atoms with Crippen LogP contribution in [0.4, 0.5) is 10.1 Å². The summed E-state index contributed by atoms with van der Waals surface area (Å²) in [5.74, 6) is -0.400. The molecule has 0 bridgehead atoms. The van der Waals surface area contributed by atoms with E-state index in [1.165, 1.54) is 0 Å².